The van der Waals surface area contributed by atoms with Gasteiger partial charge in [-0.05, 0) is 6.42 Å². The van der Waals surface area contributed by atoms with E-state index in [0.717, 1.165) is 12.8 Å². The molecule has 1 atom stereocenters. The van der Waals surface area contributed by atoms with E-state index in [0.29, 0.717) is 6.42 Å². The first-order chi connectivity index (χ1) is 6.68. The Bertz CT molecular complexity index is 143. The molecule has 1 unspecified atom stereocenters. The lowest BCUT2D eigenvalue weighted by atomic mass is 10.1. The van der Waals surface area contributed by atoms with Crippen molar-refractivity contribution in [3.8, 4) is 0 Å². The quantitative estimate of drug-likeness (QED) is 0.441. The van der Waals surface area contributed by atoms with Crippen LogP contribution in [0.4, 0.5) is 0 Å². The summed E-state index contributed by atoms with van der Waals surface area (Å²) in [5, 5.41) is 18.1. The molecule has 0 radical (unpaired) electrons. The van der Waals surface area contributed by atoms with Gasteiger partial charge >= 0.3 is 0 Å². The third kappa shape index (κ3) is 8.11. The summed E-state index contributed by atoms with van der Waals surface area (Å²) < 4.78 is 0. The highest BCUT2D eigenvalue weighted by atomic mass is 16.3. The molecule has 0 rings (SSSR count). The number of aliphatic hydroxyl groups excluding tert-OH is 2. The van der Waals surface area contributed by atoms with E-state index in [-0.39, 0.29) is 5.76 Å². The molecule has 0 bridgehead atoms. The zero-order chi connectivity index (χ0) is 10.8. The molecule has 2 nitrogen and oxygen atoms in total. The molecule has 0 spiro atoms. The Hall–Kier alpha value is -0.500. The van der Waals surface area contributed by atoms with E-state index in [9.17, 15) is 5.11 Å². The normalized spacial score (nSPS) is 12.7. The number of unbranched alkanes of at least 4 members (excludes halogenated alkanes) is 6. The van der Waals surface area contributed by atoms with Crippen LogP contribution < -0.4 is 0 Å². The Morgan fingerprint density at radius 1 is 1.07 bits per heavy atom. The lowest BCUT2D eigenvalue weighted by molar-refractivity contribution is 0.142. The third-order valence-corrected chi connectivity index (χ3v) is 2.47. The maximum absolute atomic E-state index is 9.22. The van der Waals surface area contributed by atoms with Gasteiger partial charge in [0.05, 0.1) is 0 Å². The summed E-state index contributed by atoms with van der Waals surface area (Å²) in [6.07, 6.45) is 8.52. The van der Waals surface area contributed by atoms with Crippen molar-refractivity contribution >= 4 is 0 Å². The van der Waals surface area contributed by atoms with Crippen molar-refractivity contribution < 1.29 is 10.2 Å². The van der Waals surface area contributed by atoms with Crippen LogP contribution in [0, 0.1) is 0 Å². The van der Waals surface area contributed by atoms with Crippen LogP contribution >= 0.6 is 0 Å². The van der Waals surface area contributed by atoms with Crippen LogP contribution in [0.3, 0.4) is 0 Å². The van der Waals surface area contributed by atoms with Crippen LogP contribution in [0.5, 0.6) is 0 Å². The summed E-state index contributed by atoms with van der Waals surface area (Å²) >= 11 is 0. The van der Waals surface area contributed by atoms with Crippen LogP contribution in [0.15, 0.2) is 12.3 Å². The highest BCUT2D eigenvalue weighted by Crippen LogP contribution is 2.11. The monoisotopic (exact) mass is 200 g/mol. The van der Waals surface area contributed by atoms with Gasteiger partial charge in [0.2, 0.25) is 0 Å². The fraction of sp³-hybridized carbons (Fsp3) is 0.833. The molecule has 2 N–H and O–H groups in total. The number of rotatable bonds is 9. The van der Waals surface area contributed by atoms with E-state index < -0.39 is 6.10 Å². The van der Waals surface area contributed by atoms with Crippen LogP contribution in [0.2, 0.25) is 0 Å². The van der Waals surface area contributed by atoms with Gasteiger partial charge in [-0.25, -0.2) is 0 Å². The minimum Gasteiger partial charge on any atom is -0.510 e. The summed E-state index contributed by atoms with van der Waals surface area (Å²) in [7, 11) is 0. The highest BCUT2D eigenvalue weighted by Gasteiger charge is 2.05. The zero-order valence-electron chi connectivity index (χ0n) is 9.34. The molecule has 0 aliphatic carbocycles. The summed E-state index contributed by atoms with van der Waals surface area (Å²) in [6, 6.07) is 0. The van der Waals surface area contributed by atoms with Gasteiger partial charge in [0.1, 0.15) is 11.9 Å². The maximum Gasteiger partial charge on any atom is 0.114 e. The molecule has 0 saturated heterocycles. The summed E-state index contributed by atoms with van der Waals surface area (Å²) in [6.45, 7) is 5.51. The van der Waals surface area contributed by atoms with Gasteiger partial charge in [0.25, 0.3) is 0 Å². The molecule has 0 amide bonds. The molecule has 0 aliphatic rings. The van der Waals surface area contributed by atoms with E-state index in [1.54, 1.807) is 0 Å². The molecule has 0 fully saturated rings. The van der Waals surface area contributed by atoms with E-state index >= 15 is 0 Å². The Kier molecular flexibility index (Phi) is 8.75. The molecule has 0 aromatic carbocycles. The van der Waals surface area contributed by atoms with Crippen molar-refractivity contribution in [2.45, 2.75) is 64.4 Å². The molecule has 14 heavy (non-hydrogen) atoms. The standard InChI is InChI=1S/C12H24O2/c1-3-4-5-6-7-8-9-10-12(14)11(2)13/h12-14H,2-10H2,1H3. The molecule has 0 saturated carbocycles. The second-order valence-electron chi connectivity index (χ2n) is 3.92. The second kappa shape index (κ2) is 9.07. The van der Waals surface area contributed by atoms with Gasteiger partial charge in [-0.2, -0.15) is 0 Å². The molecule has 0 aromatic heterocycles. The summed E-state index contributed by atoms with van der Waals surface area (Å²) in [4.78, 5) is 0. The first-order valence-corrected chi connectivity index (χ1v) is 5.74. The fourth-order valence-electron chi connectivity index (χ4n) is 1.46. The van der Waals surface area contributed by atoms with Gasteiger partial charge in [-0.1, -0.05) is 58.4 Å². The predicted octanol–water partition coefficient (Wildman–Crippen LogP) is 3.56. The van der Waals surface area contributed by atoms with Crippen LogP contribution in [0.1, 0.15) is 58.3 Å². The van der Waals surface area contributed by atoms with Crippen molar-refractivity contribution in [3.05, 3.63) is 12.3 Å². The lowest BCUT2D eigenvalue weighted by Gasteiger charge is -2.07. The summed E-state index contributed by atoms with van der Waals surface area (Å²) in [5.74, 6) is -0.101. The molecule has 2 heteroatoms. The predicted molar refractivity (Wildman–Crippen MR) is 60.4 cm³/mol. The van der Waals surface area contributed by atoms with Crippen LogP contribution in [0.25, 0.3) is 0 Å². The SMILES string of the molecule is C=C(O)C(O)CCCCCCCCC. The third-order valence-electron chi connectivity index (χ3n) is 2.47. The fourth-order valence-corrected chi connectivity index (χ4v) is 1.46. The Labute approximate surface area is 87.7 Å². The molecular weight excluding hydrogens is 176 g/mol. The zero-order valence-corrected chi connectivity index (χ0v) is 9.34. The number of hydrogen-bond donors (Lipinski definition) is 2. The average molecular weight is 200 g/mol. The van der Waals surface area contributed by atoms with Gasteiger partial charge in [0.15, 0.2) is 0 Å². The maximum atomic E-state index is 9.22. The Morgan fingerprint density at radius 3 is 2.07 bits per heavy atom. The van der Waals surface area contributed by atoms with Crippen molar-refractivity contribution in [3.63, 3.8) is 0 Å². The number of hydrogen-bond acceptors (Lipinski definition) is 2. The molecule has 0 aromatic rings. The van der Waals surface area contributed by atoms with Crippen molar-refractivity contribution in [2.75, 3.05) is 0 Å². The first-order valence-electron chi connectivity index (χ1n) is 5.74. The Morgan fingerprint density at radius 2 is 1.57 bits per heavy atom. The van der Waals surface area contributed by atoms with Gasteiger partial charge in [0, 0.05) is 0 Å². The van der Waals surface area contributed by atoms with Crippen molar-refractivity contribution in [2.24, 2.45) is 0 Å². The van der Waals surface area contributed by atoms with E-state index in [1.807, 2.05) is 0 Å². The van der Waals surface area contributed by atoms with Crippen molar-refractivity contribution in [1.82, 2.24) is 0 Å². The smallest absolute Gasteiger partial charge is 0.114 e. The minimum absolute atomic E-state index is 0.101. The molecular formula is C12H24O2. The van der Waals surface area contributed by atoms with E-state index in [4.69, 9.17) is 5.11 Å². The topological polar surface area (TPSA) is 40.5 Å². The van der Waals surface area contributed by atoms with Gasteiger partial charge in [-0.15, -0.1) is 0 Å². The lowest BCUT2D eigenvalue weighted by Crippen LogP contribution is -2.08. The Balaban J connectivity index is 3.09. The second-order valence-corrected chi connectivity index (χ2v) is 3.92. The molecule has 0 heterocycles. The van der Waals surface area contributed by atoms with Gasteiger partial charge in [-0.3, -0.25) is 0 Å². The minimum atomic E-state index is -0.717. The van der Waals surface area contributed by atoms with E-state index in [1.165, 1.54) is 32.1 Å². The van der Waals surface area contributed by atoms with Crippen LogP contribution in [-0.4, -0.2) is 16.3 Å². The van der Waals surface area contributed by atoms with Gasteiger partial charge < -0.3 is 10.2 Å². The summed E-state index contributed by atoms with van der Waals surface area (Å²) in [5.41, 5.74) is 0. The average Bonchev–Trinajstić information content (AvgIpc) is 2.16. The largest absolute Gasteiger partial charge is 0.510 e. The molecule has 0 aliphatic heterocycles. The van der Waals surface area contributed by atoms with Crippen LogP contribution in [-0.2, 0) is 0 Å². The van der Waals surface area contributed by atoms with Crippen molar-refractivity contribution in [1.29, 1.82) is 0 Å². The molecule has 84 valence electrons. The number of aliphatic hydroxyl groups is 2. The first kappa shape index (κ1) is 13.5. The highest BCUT2D eigenvalue weighted by molar-refractivity contribution is 4.88. The van der Waals surface area contributed by atoms with E-state index in [2.05, 4.69) is 13.5 Å².